The first-order valence-corrected chi connectivity index (χ1v) is 5.45. The van der Waals surface area contributed by atoms with Crippen molar-refractivity contribution < 1.29 is 9.90 Å². The van der Waals surface area contributed by atoms with Gasteiger partial charge >= 0.3 is 0 Å². The van der Waals surface area contributed by atoms with Crippen molar-refractivity contribution in [2.24, 2.45) is 0 Å². The predicted octanol–water partition coefficient (Wildman–Crippen LogP) is 2.07. The van der Waals surface area contributed by atoms with Gasteiger partial charge in [-0.1, -0.05) is 12.1 Å². The molecule has 4 nitrogen and oxygen atoms in total. The van der Waals surface area contributed by atoms with Crippen molar-refractivity contribution in [1.82, 2.24) is 4.90 Å². The largest absolute Gasteiger partial charge is 0.507 e. The average molecular weight is 232 g/mol. The lowest BCUT2D eigenvalue weighted by Crippen LogP contribution is -2.37. The molecule has 0 aliphatic rings. The van der Waals surface area contributed by atoms with Crippen LogP contribution in [0, 0.1) is 18.3 Å². The van der Waals surface area contributed by atoms with Crippen LogP contribution in [0.2, 0.25) is 0 Å². The summed E-state index contributed by atoms with van der Waals surface area (Å²) in [4.78, 5) is 13.6. The van der Waals surface area contributed by atoms with Gasteiger partial charge in [-0.3, -0.25) is 4.79 Å². The van der Waals surface area contributed by atoms with Crippen molar-refractivity contribution >= 4 is 5.91 Å². The van der Waals surface area contributed by atoms with E-state index in [0.29, 0.717) is 5.56 Å². The van der Waals surface area contributed by atoms with Crippen molar-refractivity contribution in [3.63, 3.8) is 0 Å². The highest BCUT2D eigenvalue weighted by molar-refractivity contribution is 5.97. The molecule has 0 saturated heterocycles. The van der Waals surface area contributed by atoms with E-state index >= 15 is 0 Å². The van der Waals surface area contributed by atoms with Gasteiger partial charge < -0.3 is 10.0 Å². The molecule has 0 aliphatic heterocycles. The van der Waals surface area contributed by atoms with Crippen LogP contribution in [0.5, 0.6) is 5.75 Å². The highest BCUT2D eigenvalue weighted by atomic mass is 16.3. The number of aromatic hydroxyl groups is 1. The Morgan fingerprint density at radius 2 is 2.18 bits per heavy atom. The molecule has 0 bridgehead atoms. The molecule has 0 spiro atoms. The van der Waals surface area contributed by atoms with Gasteiger partial charge in [0.25, 0.3) is 5.91 Å². The maximum absolute atomic E-state index is 12.2. The second-order valence-electron chi connectivity index (χ2n) is 4.16. The molecule has 0 aromatic heterocycles. The van der Waals surface area contributed by atoms with Gasteiger partial charge in [0.2, 0.25) is 0 Å². The fourth-order valence-electron chi connectivity index (χ4n) is 1.55. The molecule has 1 rings (SSSR count). The number of benzene rings is 1. The Balaban J connectivity index is 3.11. The maximum atomic E-state index is 12.2. The van der Waals surface area contributed by atoms with Crippen LogP contribution in [0.25, 0.3) is 0 Å². The van der Waals surface area contributed by atoms with E-state index in [9.17, 15) is 9.90 Å². The number of hydrogen-bond acceptors (Lipinski definition) is 3. The zero-order chi connectivity index (χ0) is 13.0. The molecule has 0 heterocycles. The van der Waals surface area contributed by atoms with E-state index in [4.69, 9.17) is 5.26 Å². The average Bonchev–Trinajstić information content (AvgIpc) is 2.28. The zero-order valence-corrected chi connectivity index (χ0v) is 10.3. The summed E-state index contributed by atoms with van der Waals surface area (Å²) >= 11 is 0. The number of nitrogens with zero attached hydrogens (tertiary/aromatic N) is 2. The molecule has 0 saturated carbocycles. The van der Waals surface area contributed by atoms with Gasteiger partial charge in [-0.2, -0.15) is 5.26 Å². The molecule has 0 aliphatic carbocycles. The quantitative estimate of drug-likeness (QED) is 0.811. The smallest absolute Gasteiger partial charge is 0.258 e. The van der Waals surface area contributed by atoms with Crippen molar-refractivity contribution in [2.75, 3.05) is 6.54 Å². The summed E-state index contributed by atoms with van der Waals surface area (Å²) < 4.78 is 0. The Bertz CT molecular complexity index is 461. The fraction of sp³-hybridized carbons (Fsp3) is 0.385. The van der Waals surface area contributed by atoms with Gasteiger partial charge in [0, 0.05) is 6.04 Å². The molecule has 0 fully saturated rings. The molecule has 1 amide bonds. The standard InChI is InChI=1S/C13H16N2O2/c1-9(2)15(8-7-14)13(17)11-6-4-5-10(3)12(11)16/h4-6,9,16H,8H2,1-3H3. The number of carbonyl (C=O) groups excluding carboxylic acids is 1. The van der Waals surface area contributed by atoms with E-state index in [1.165, 1.54) is 4.90 Å². The molecule has 4 heteroatoms. The Morgan fingerprint density at radius 3 is 2.71 bits per heavy atom. The number of para-hydroxylation sites is 1. The molecule has 1 aromatic carbocycles. The second-order valence-corrected chi connectivity index (χ2v) is 4.16. The van der Waals surface area contributed by atoms with E-state index in [1.807, 2.05) is 19.9 Å². The third-order valence-electron chi connectivity index (χ3n) is 2.59. The molecule has 0 atom stereocenters. The molecule has 17 heavy (non-hydrogen) atoms. The number of hydrogen-bond donors (Lipinski definition) is 1. The molecule has 0 unspecified atom stereocenters. The lowest BCUT2D eigenvalue weighted by molar-refractivity contribution is 0.0728. The summed E-state index contributed by atoms with van der Waals surface area (Å²) in [5.74, 6) is -0.330. The number of rotatable bonds is 3. The summed E-state index contributed by atoms with van der Waals surface area (Å²) in [6.45, 7) is 5.42. The van der Waals surface area contributed by atoms with Crippen LogP contribution in [-0.4, -0.2) is 28.5 Å². The monoisotopic (exact) mass is 232 g/mol. The highest BCUT2D eigenvalue weighted by Crippen LogP contribution is 2.23. The summed E-state index contributed by atoms with van der Waals surface area (Å²) in [6.07, 6.45) is 0. The van der Waals surface area contributed by atoms with E-state index in [1.54, 1.807) is 25.1 Å². The third-order valence-corrected chi connectivity index (χ3v) is 2.59. The summed E-state index contributed by atoms with van der Waals surface area (Å²) in [5, 5.41) is 18.5. The molecule has 0 radical (unpaired) electrons. The minimum atomic E-state index is -0.317. The molecular formula is C13H16N2O2. The Labute approximate surface area is 101 Å². The van der Waals surface area contributed by atoms with Crippen LogP contribution in [0.1, 0.15) is 29.8 Å². The van der Waals surface area contributed by atoms with E-state index < -0.39 is 0 Å². The number of aryl methyl sites for hydroxylation is 1. The van der Waals surface area contributed by atoms with E-state index in [0.717, 1.165) is 0 Å². The van der Waals surface area contributed by atoms with Gasteiger partial charge in [-0.15, -0.1) is 0 Å². The van der Waals surface area contributed by atoms with Crippen molar-refractivity contribution in [3.8, 4) is 11.8 Å². The van der Waals surface area contributed by atoms with Crippen molar-refractivity contribution in [1.29, 1.82) is 5.26 Å². The number of phenols is 1. The lowest BCUT2D eigenvalue weighted by Gasteiger charge is -2.24. The predicted molar refractivity (Wildman–Crippen MR) is 64.6 cm³/mol. The Morgan fingerprint density at radius 1 is 1.53 bits per heavy atom. The van der Waals surface area contributed by atoms with E-state index in [-0.39, 0.29) is 29.8 Å². The van der Waals surface area contributed by atoms with Crippen LogP contribution in [0.4, 0.5) is 0 Å². The van der Waals surface area contributed by atoms with Crippen LogP contribution in [-0.2, 0) is 0 Å². The van der Waals surface area contributed by atoms with Crippen LogP contribution in [0.3, 0.4) is 0 Å². The summed E-state index contributed by atoms with van der Waals surface area (Å²) in [7, 11) is 0. The van der Waals surface area contributed by atoms with Crippen molar-refractivity contribution in [3.05, 3.63) is 29.3 Å². The first-order valence-electron chi connectivity index (χ1n) is 5.45. The summed E-state index contributed by atoms with van der Waals surface area (Å²) in [6, 6.07) is 6.89. The Hall–Kier alpha value is -2.02. The number of amides is 1. The summed E-state index contributed by atoms with van der Waals surface area (Å²) in [5.41, 5.74) is 0.894. The second kappa shape index (κ2) is 5.35. The van der Waals surface area contributed by atoms with Crippen LogP contribution >= 0.6 is 0 Å². The lowest BCUT2D eigenvalue weighted by atomic mass is 10.1. The molecule has 1 N–H and O–H groups in total. The Kier molecular flexibility index (Phi) is 4.11. The molecule has 1 aromatic rings. The topological polar surface area (TPSA) is 64.3 Å². The van der Waals surface area contributed by atoms with Gasteiger partial charge in [0.15, 0.2) is 0 Å². The van der Waals surface area contributed by atoms with Crippen LogP contribution in [0.15, 0.2) is 18.2 Å². The number of nitriles is 1. The first-order chi connectivity index (χ1) is 7.99. The minimum Gasteiger partial charge on any atom is -0.507 e. The molecular weight excluding hydrogens is 216 g/mol. The van der Waals surface area contributed by atoms with Crippen LogP contribution < -0.4 is 0 Å². The SMILES string of the molecule is Cc1cccc(C(=O)N(CC#N)C(C)C)c1O. The maximum Gasteiger partial charge on any atom is 0.258 e. The van der Waals surface area contributed by atoms with Gasteiger partial charge in [-0.05, 0) is 32.4 Å². The zero-order valence-electron chi connectivity index (χ0n) is 10.3. The normalized spacial score (nSPS) is 10.1. The van der Waals surface area contributed by atoms with Gasteiger partial charge in [0.05, 0.1) is 11.6 Å². The van der Waals surface area contributed by atoms with E-state index in [2.05, 4.69) is 0 Å². The first kappa shape index (κ1) is 13.0. The minimum absolute atomic E-state index is 0.0129. The number of carbonyl (C=O) groups is 1. The van der Waals surface area contributed by atoms with Gasteiger partial charge in [0.1, 0.15) is 12.3 Å². The van der Waals surface area contributed by atoms with Gasteiger partial charge in [-0.25, -0.2) is 0 Å². The number of phenolic OH excluding ortho intramolecular Hbond substituents is 1. The highest BCUT2D eigenvalue weighted by Gasteiger charge is 2.21. The van der Waals surface area contributed by atoms with Crippen molar-refractivity contribution in [2.45, 2.75) is 26.8 Å². The third kappa shape index (κ3) is 2.76. The molecule has 90 valence electrons. The fourth-order valence-corrected chi connectivity index (χ4v) is 1.55.